The van der Waals surface area contributed by atoms with E-state index < -0.39 is 0 Å². The Morgan fingerprint density at radius 1 is 1.12 bits per heavy atom. The highest BCUT2D eigenvalue weighted by atomic mass is 16.5. The second kappa shape index (κ2) is 8.62. The number of benzene rings is 1. The molecule has 0 radical (unpaired) electrons. The molecule has 1 amide bonds. The molecule has 1 saturated heterocycles. The molecule has 1 aliphatic rings. The van der Waals surface area contributed by atoms with Gasteiger partial charge in [-0.15, -0.1) is 0 Å². The first-order valence-electron chi connectivity index (χ1n) is 8.90. The Bertz CT molecular complexity index is 742. The van der Waals surface area contributed by atoms with Crippen LogP contribution < -0.4 is 15.5 Å². The molecule has 26 heavy (non-hydrogen) atoms. The molecule has 138 valence electrons. The number of aryl methyl sites for hydroxylation is 1. The van der Waals surface area contributed by atoms with Gasteiger partial charge in [0.2, 0.25) is 11.9 Å². The summed E-state index contributed by atoms with van der Waals surface area (Å²) < 4.78 is 4.81. The van der Waals surface area contributed by atoms with E-state index >= 15 is 0 Å². The van der Waals surface area contributed by atoms with Crippen LogP contribution in [-0.2, 0) is 9.53 Å². The van der Waals surface area contributed by atoms with Crippen molar-refractivity contribution in [2.75, 3.05) is 42.3 Å². The maximum absolute atomic E-state index is 11.5. The van der Waals surface area contributed by atoms with E-state index in [9.17, 15) is 4.79 Å². The molecule has 1 aromatic heterocycles. The monoisotopic (exact) mass is 355 g/mol. The van der Waals surface area contributed by atoms with E-state index in [0.29, 0.717) is 5.95 Å². The van der Waals surface area contributed by atoms with Crippen LogP contribution >= 0.6 is 0 Å². The lowest BCUT2D eigenvalue weighted by Gasteiger charge is -2.28. The highest BCUT2D eigenvalue weighted by Gasteiger charge is 2.14. The SMILES string of the molecule is COCC(=O)Nc1ccc(Nc2nc(C)cc(N3CCCCC3)n2)cc1. The van der Waals surface area contributed by atoms with Gasteiger partial charge in [-0.05, 0) is 50.5 Å². The van der Waals surface area contributed by atoms with Gasteiger partial charge in [0.25, 0.3) is 0 Å². The van der Waals surface area contributed by atoms with Crippen molar-refractivity contribution in [3.8, 4) is 0 Å². The van der Waals surface area contributed by atoms with Gasteiger partial charge in [0.1, 0.15) is 12.4 Å². The summed E-state index contributed by atoms with van der Waals surface area (Å²) in [6.07, 6.45) is 3.71. The van der Waals surface area contributed by atoms with E-state index in [0.717, 1.165) is 36.0 Å². The Morgan fingerprint density at radius 2 is 1.81 bits per heavy atom. The maximum Gasteiger partial charge on any atom is 0.250 e. The van der Waals surface area contributed by atoms with E-state index in [1.807, 2.05) is 37.3 Å². The maximum atomic E-state index is 11.5. The molecule has 1 aliphatic heterocycles. The zero-order chi connectivity index (χ0) is 18.4. The molecule has 7 nitrogen and oxygen atoms in total. The molecule has 0 spiro atoms. The van der Waals surface area contributed by atoms with Crippen molar-refractivity contribution in [1.82, 2.24) is 9.97 Å². The smallest absolute Gasteiger partial charge is 0.250 e. The number of carbonyl (C=O) groups is 1. The Balaban J connectivity index is 1.68. The predicted molar refractivity (Wildman–Crippen MR) is 103 cm³/mol. The summed E-state index contributed by atoms with van der Waals surface area (Å²) in [4.78, 5) is 23.0. The average Bonchev–Trinajstić information content (AvgIpc) is 2.64. The lowest BCUT2D eigenvalue weighted by atomic mass is 10.1. The van der Waals surface area contributed by atoms with Crippen molar-refractivity contribution >= 4 is 29.0 Å². The van der Waals surface area contributed by atoms with Gasteiger partial charge in [-0.2, -0.15) is 4.98 Å². The van der Waals surface area contributed by atoms with Gasteiger partial charge in [-0.25, -0.2) is 4.98 Å². The number of anilines is 4. The summed E-state index contributed by atoms with van der Waals surface area (Å²) in [5, 5.41) is 6.01. The first kappa shape index (κ1) is 18.1. The highest BCUT2D eigenvalue weighted by Crippen LogP contribution is 2.22. The van der Waals surface area contributed by atoms with E-state index in [-0.39, 0.29) is 12.5 Å². The number of nitrogens with zero attached hydrogens (tertiary/aromatic N) is 3. The summed E-state index contributed by atoms with van der Waals surface area (Å²) >= 11 is 0. The topological polar surface area (TPSA) is 79.4 Å². The molecule has 1 aromatic carbocycles. The molecule has 0 unspecified atom stereocenters. The molecule has 0 bridgehead atoms. The third kappa shape index (κ3) is 4.92. The lowest BCUT2D eigenvalue weighted by molar-refractivity contribution is -0.119. The van der Waals surface area contributed by atoms with Crippen LogP contribution in [-0.4, -0.2) is 42.7 Å². The Labute approximate surface area is 153 Å². The van der Waals surface area contributed by atoms with Gasteiger partial charge in [-0.3, -0.25) is 4.79 Å². The predicted octanol–water partition coefficient (Wildman–Crippen LogP) is 3.10. The van der Waals surface area contributed by atoms with Crippen molar-refractivity contribution in [3.05, 3.63) is 36.0 Å². The molecule has 2 heterocycles. The second-order valence-corrected chi connectivity index (χ2v) is 6.42. The first-order chi connectivity index (χ1) is 12.6. The minimum atomic E-state index is -0.179. The molecule has 2 aromatic rings. The van der Waals surface area contributed by atoms with Crippen molar-refractivity contribution < 1.29 is 9.53 Å². The molecule has 7 heteroatoms. The highest BCUT2D eigenvalue weighted by molar-refractivity contribution is 5.91. The Kier molecular flexibility index (Phi) is 6.01. The summed E-state index contributed by atoms with van der Waals surface area (Å²) in [5.41, 5.74) is 2.52. The second-order valence-electron chi connectivity index (χ2n) is 6.42. The molecule has 0 saturated carbocycles. The summed E-state index contributed by atoms with van der Waals surface area (Å²) in [5.74, 6) is 1.38. The number of amides is 1. The summed E-state index contributed by atoms with van der Waals surface area (Å²) in [7, 11) is 1.49. The molecule has 0 atom stereocenters. The van der Waals surface area contributed by atoms with Crippen molar-refractivity contribution in [1.29, 1.82) is 0 Å². The van der Waals surface area contributed by atoms with Crippen LogP contribution in [0.3, 0.4) is 0 Å². The van der Waals surface area contributed by atoms with Crippen LogP contribution in [0.15, 0.2) is 30.3 Å². The Hall–Kier alpha value is -2.67. The fourth-order valence-electron chi connectivity index (χ4n) is 2.99. The van der Waals surface area contributed by atoms with Gasteiger partial charge in [-0.1, -0.05) is 0 Å². The Morgan fingerprint density at radius 3 is 2.50 bits per heavy atom. The van der Waals surface area contributed by atoms with Crippen LogP contribution in [0.25, 0.3) is 0 Å². The van der Waals surface area contributed by atoms with Gasteiger partial charge in [0, 0.05) is 43.3 Å². The molecular formula is C19H25N5O2. The molecular weight excluding hydrogens is 330 g/mol. The number of hydrogen-bond acceptors (Lipinski definition) is 6. The van der Waals surface area contributed by atoms with E-state index in [4.69, 9.17) is 4.74 Å². The third-order valence-corrected chi connectivity index (χ3v) is 4.22. The van der Waals surface area contributed by atoms with Crippen LogP contribution in [0.1, 0.15) is 25.0 Å². The standard InChI is InChI=1S/C19H25N5O2/c1-14-12-17(24-10-4-3-5-11-24)23-19(20-14)22-16-8-6-15(7-9-16)21-18(25)13-26-2/h6-9,12H,3-5,10-11,13H2,1-2H3,(H,21,25)(H,20,22,23). The normalized spacial score (nSPS) is 14.2. The fourth-order valence-corrected chi connectivity index (χ4v) is 2.99. The average molecular weight is 355 g/mol. The largest absolute Gasteiger partial charge is 0.375 e. The van der Waals surface area contributed by atoms with Crippen molar-refractivity contribution in [2.45, 2.75) is 26.2 Å². The van der Waals surface area contributed by atoms with Crippen LogP contribution in [0.5, 0.6) is 0 Å². The van der Waals surface area contributed by atoms with E-state index in [1.54, 1.807) is 0 Å². The quantitative estimate of drug-likeness (QED) is 0.829. The van der Waals surface area contributed by atoms with Crippen LogP contribution in [0, 0.1) is 6.92 Å². The number of rotatable bonds is 6. The van der Waals surface area contributed by atoms with Crippen LogP contribution in [0.2, 0.25) is 0 Å². The summed E-state index contributed by atoms with van der Waals surface area (Å²) in [6, 6.07) is 9.46. The zero-order valence-electron chi connectivity index (χ0n) is 15.3. The van der Waals surface area contributed by atoms with E-state index in [1.165, 1.54) is 26.4 Å². The molecule has 1 fully saturated rings. The fraction of sp³-hybridized carbons (Fsp3) is 0.421. The number of nitrogens with one attached hydrogen (secondary N) is 2. The van der Waals surface area contributed by atoms with E-state index in [2.05, 4.69) is 25.5 Å². The van der Waals surface area contributed by atoms with Crippen molar-refractivity contribution in [2.24, 2.45) is 0 Å². The van der Waals surface area contributed by atoms with Gasteiger partial charge in [0.05, 0.1) is 0 Å². The minimum absolute atomic E-state index is 0.0381. The molecule has 2 N–H and O–H groups in total. The van der Waals surface area contributed by atoms with Gasteiger partial charge < -0.3 is 20.3 Å². The number of piperidine rings is 1. The molecule has 3 rings (SSSR count). The minimum Gasteiger partial charge on any atom is -0.375 e. The first-order valence-corrected chi connectivity index (χ1v) is 8.90. The van der Waals surface area contributed by atoms with Gasteiger partial charge >= 0.3 is 0 Å². The number of methoxy groups -OCH3 is 1. The molecule has 0 aliphatic carbocycles. The third-order valence-electron chi connectivity index (χ3n) is 4.22. The summed E-state index contributed by atoms with van der Waals surface area (Å²) in [6.45, 7) is 4.11. The van der Waals surface area contributed by atoms with Crippen LogP contribution in [0.4, 0.5) is 23.1 Å². The lowest BCUT2D eigenvalue weighted by Crippen LogP contribution is -2.30. The van der Waals surface area contributed by atoms with Gasteiger partial charge in [0.15, 0.2) is 0 Å². The number of ether oxygens (including phenoxy) is 1. The number of carbonyl (C=O) groups excluding carboxylic acids is 1. The number of aromatic nitrogens is 2. The van der Waals surface area contributed by atoms with Crippen molar-refractivity contribution in [3.63, 3.8) is 0 Å². The zero-order valence-corrected chi connectivity index (χ0v) is 15.3. The number of hydrogen-bond donors (Lipinski definition) is 2.